The van der Waals surface area contributed by atoms with Crippen molar-refractivity contribution in [3.63, 3.8) is 0 Å². The second-order valence-corrected chi connectivity index (χ2v) is 6.95. The second kappa shape index (κ2) is 6.63. The van der Waals surface area contributed by atoms with Crippen LogP contribution < -0.4 is 11.1 Å². The number of rotatable bonds is 3. The molecule has 0 unspecified atom stereocenters. The summed E-state index contributed by atoms with van der Waals surface area (Å²) in [7, 11) is 0. The van der Waals surface area contributed by atoms with Gasteiger partial charge in [-0.3, -0.25) is 4.79 Å². The van der Waals surface area contributed by atoms with Crippen LogP contribution in [0, 0.1) is 5.92 Å². The van der Waals surface area contributed by atoms with Gasteiger partial charge in [0.15, 0.2) is 0 Å². The first-order valence-corrected chi connectivity index (χ1v) is 8.93. The Balaban J connectivity index is 1.40. The molecule has 0 spiro atoms. The molecule has 1 aliphatic rings. The molecule has 4 rings (SSSR count). The maximum absolute atomic E-state index is 12.5. The Labute approximate surface area is 147 Å². The lowest BCUT2D eigenvalue weighted by atomic mass is 9.78. The SMILES string of the molecule is Nc1cccc(NC(=O)C2CCC(c3c[nH]c4ccccc34)CC2)c1. The number of nitrogens with two attached hydrogens (primary N) is 1. The van der Waals surface area contributed by atoms with Crippen LogP contribution in [0.25, 0.3) is 10.9 Å². The number of benzene rings is 2. The maximum Gasteiger partial charge on any atom is 0.227 e. The summed E-state index contributed by atoms with van der Waals surface area (Å²) < 4.78 is 0. The van der Waals surface area contributed by atoms with E-state index in [-0.39, 0.29) is 11.8 Å². The van der Waals surface area contributed by atoms with Crippen molar-refractivity contribution in [3.05, 3.63) is 60.3 Å². The van der Waals surface area contributed by atoms with Crippen molar-refractivity contribution in [2.45, 2.75) is 31.6 Å². The zero-order valence-electron chi connectivity index (χ0n) is 14.2. The Bertz CT molecular complexity index is 891. The number of anilines is 2. The molecular formula is C21H23N3O. The average molecular weight is 333 g/mol. The van der Waals surface area contributed by atoms with E-state index in [2.05, 4.69) is 40.8 Å². The van der Waals surface area contributed by atoms with Gasteiger partial charge in [-0.25, -0.2) is 0 Å². The highest BCUT2D eigenvalue weighted by Crippen LogP contribution is 2.39. The summed E-state index contributed by atoms with van der Waals surface area (Å²) in [6.07, 6.45) is 6.10. The van der Waals surface area contributed by atoms with Gasteiger partial charge in [-0.2, -0.15) is 0 Å². The van der Waals surface area contributed by atoms with Crippen LogP contribution in [0.5, 0.6) is 0 Å². The topological polar surface area (TPSA) is 70.9 Å². The molecule has 0 saturated heterocycles. The summed E-state index contributed by atoms with van der Waals surface area (Å²) in [4.78, 5) is 15.9. The van der Waals surface area contributed by atoms with E-state index >= 15 is 0 Å². The number of nitrogens with one attached hydrogen (secondary N) is 2. The highest BCUT2D eigenvalue weighted by atomic mass is 16.1. The van der Waals surface area contributed by atoms with Crippen molar-refractivity contribution < 1.29 is 4.79 Å². The summed E-state index contributed by atoms with van der Waals surface area (Å²) in [5, 5.41) is 4.32. The first kappa shape index (κ1) is 15.8. The summed E-state index contributed by atoms with van der Waals surface area (Å²) in [5.74, 6) is 0.735. The van der Waals surface area contributed by atoms with Gasteiger partial charge in [-0.05, 0) is 61.4 Å². The van der Waals surface area contributed by atoms with E-state index in [0.29, 0.717) is 11.6 Å². The minimum atomic E-state index is 0.0860. The van der Waals surface area contributed by atoms with Crippen molar-refractivity contribution in [3.8, 4) is 0 Å². The number of amides is 1. The molecular weight excluding hydrogens is 310 g/mol. The van der Waals surface area contributed by atoms with Crippen molar-refractivity contribution in [1.82, 2.24) is 4.98 Å². The number of hydrogen-bond acceptors (Lipinski definition) is 2. The summed E-state index contributed by atoms with van der Waals surface area (Å²) >= 11 is 0. The maximum atomic E-state index is 12.5. The average Bonchev–Trinajstić information content (AvgIpc) is 3.06. The number of aromatic amines is 1. The lowest BCUT2D eigenvalue weighted by Crippen LogP contribution is -2.26. The van der Waals surface area contributed by atoms with E-state index in [9.17, 15) is 4.79 Å². The molecule has 1 aliphatic carbocycles. The fourth-order valence-electron chi connectivity index (χ4n) is 3.96. The smallest absolute Gasteiger partial charge is 0.227 e. The summed E-state index contributed by atoms with van der Waals surface area (Å²) in [5.41, 5.74) is 9.81. The standard InChI is InChI=1S/C21H23N3O/c22-16-4-3-5-17(12-16)24-21(25)15-10-8-14(9-11-15)19-13-23-20-7-2-1-6-18(19)20/h1-7,12-15,23H,8-11,22H2,(H,24,25). The van der Waals surface area contributed by atoms with Gasteiger partial charge < -0.3 is 16.0 Å². The van der Waals surface area contributed by atoms with Gasteiger partial charge in [0, 0.05) is 34.4 Å². The number of carbonyl (C=O) groups is 1. The quantitative estimate of drug-likeness (QED) is 0.610. The third-order valence-corrected chi connectivity index (χ3v) is 5.31. The van der Waals surface area contributed by atoms with Crippen molar-refractivity contribution in [2.24, 2.45) is 5.92 Å². The number of carbonyl (C=O) groups excluding carboxylic acids is 1. The molecule has 3 aromatic rings. The van der Waals surface area contributed by atoms with E-state index in [1.165, 1.54) is 16.5 Å². The highest BCUT2D eigenvalue weighted by molar-refractivity contribution is 5.93. The Hall–Kier alpha value is -2.75. The Kier molecular flexibility index (Phi) is 4.18. The van der Waals surface area contributed by atoms with E-state index in [4.69, 9.17) is 5.73 Å². The molecule has 128 valence electrons. The fourth-order valence-corrected chi connectivity index (χ4v) is 3.96. The molecule has 1 saturated carbocycles. The number of para-hydroxylation sites is 1. The lowest BCUT2D eigenvalue weighted by Gasteiger charge is -2.27. The number of aromatic nitrogens is 1. The molecule has 1 aromatic heterocycles. The molecule has 1 fully saturated rings. The van der Waals surface area contributed by atoms with Gasteiger partial charge in [0.05, 0.1) is 0 Å². The normalized spacial score (nSPS) is 20.5. The molecule has 25 heavy (non-hydrogen) atoms. The first-order chi connectivity index (χ1) is 12.2. The molecule has 1 amide bonds. The van der Waals surface area contributed by atoms with Crippen LogP contribution in [0.15, 0.2) is 54.7 Å². The minimum Gasteiger partial charge on any atom is -0.399 e. The van der Waals surface area contributed by atoms with Gasteiger partial charge in [0.25, 0.3) is 0 Å². The van der Waals surface area contributed by atoms with Crippen LogP contribution in [0.1, 0.15) is 37.2 Å². The highest BCUT2D eigenvalue weighted by Gasteiger charge is 2.28. The third kappa shape index (κ3) is 3.25. The number of hydrogen-bond donors (Lipinski definition) is 3. The molecule has 0 aliphatic heterocycles. The molecule has 2 aromatic carbocycles. The number of H-pyrrole nitrogens is 1. The monoisotopic (exact) mass is 333 g/mol. The zero-order chi connectivity index (χ0) is 17.2. The van der Waals surface area contributed by atoms with Gasteiger partial charge in [0.1, 0.15) is 0 Å². The van der Waals surface area contributed by atoms with E-state index in [0.717, 1.165) is 31.4 Å². The van der Waals surface area contributed by atoms with Crippen molar-refractivity contribution in [2.75, 3.05) is 11.1 Å². The zero-order valence-corrected chi connectivity index (χ0v) is 14.2. The molecule has 0 bridgehead atoms. The minimum absolute atomic E-state index is 0.0860. The molecule has 1 heterocycles. The molecule has 4 N–H and O–H groups in total. The van der Waals surface area contributed by atoms with Crippen LogP contribution in [0.3, 0.4) is 0 Å². The third-order valence-electron chi connectivity index (χ3n) is 5.31. The van der Waals surface area contributed by atoms with Crippen LogP contribution >= 0.6 is 0 Å². The van der Waals surface area contributed by atoms with Gasteiger partial charge in [-0.15, -0.1) is 0 Å². The van der Waals surface area contributed by atoms with E-state index < -0.39 is 0 Å². The Morgan fingerprint density at radius 1 is 1.04 bits per heavy atom. The van der Waals surface area contributed by atoms with Gasteiger partial charge in [-0.1, -0.05) is 24.3 Å². The number of fused-ring (bicyclic) bond motifs is 1. The van der Waals surface area contributed by atoms with Gasteiger partial charge >= 0.3 is 0 Å². The van der Waals surface area contributed by atoms with Gasteiger partial charge in [0.2, 0.25) is 5.91 Å². The largest absolute Gasteiger partial charge is 0.399 e. The van der Waals surface area contributed by atoms with Crippen LogP contribution in [-0.4, -0.2) is 10.9 Å². The fraction of sp³-hybridized carbons (Fsp3) is 0.286. The Morgan fingerprint density at radius 2 is 1.84 bits per heavy atom. The van der Waals surface area contributed by atoms with Crippen molar-refractivity contribution in [1.29, 1.82) is 0 Å². The molecule has 0 atom stereocenters. The van der Waals surface area contributed by atoms with Crippen LogP contribution in [0.4, 0.5) is 11.4 Å². The summed E-state index contributed by atoms with van der Waals surface area (Å²) in [6, 6.07) is 15.8. The molecule has 4 nitrogen and oxygen atoms in total. The molecule has 0 radical (unpaired) electrons. The summed E-state index contributed by atoms with van der Waals surface area (Å²) in [6.45, 7) is 0. The van der Waals surface area contributed by atoms with Crippen LogP contribution in [0.2, 0.25) is 0 Å². The second-order valence-electron chi connectivity index (χ2n) is 6.95. The van der Waals surface area contributed by atoms with E-state index in [1.54, 1.807) is 6.07 Å². The van der Waals surface area contributed by atoms with Crippen molar-refractivity contribution >= 4 is 28.2 Å². The Morgan fingerprint density at radius 3 is 2.64 bits per heavy atom. The number of nitrogen functional groups attached to an aromatic ring is 1. The first-order valence-electron chi connectivity index (χ1n) is 8.93. The predicted octanol–water partition coefficient (Wildman–Crippen LogP) is 4.66. The molecule has 4 heteroatoms. The lowest BCUT2D eigenvalue weighted by molar-refractivity contribution is -0.120. The van der Waals surface area contributed by atoms with Crippen LogP contribution in [-0.2, 0) is 4.79 Å². The van der Waals surface area contributed by atoms with E-state index in [1.807, 2.05) is 18.2 Å². The predicted molar refractivity (Wildman–Crippen MR) is 102 cm³/mol.